The van der Waals surface area contributed by atoms with Crippen LogP contribution in [0.15, 0.2) is 54.6 Å². The second-order valence-electron chi connectivity index (χ2n) is 5.61. The van der Waals surface area contributed by atoms with Gasteiger partial charge in [-0.2, -0.15) is 0 Å². The Morgan fingerprint density at radius 3 is 2.45 bits per heavy atom. The van der Waals surface area contributed by atoms with Crippen molar-refractivity contribution in [3.8, 4) is 0 Å². The lowest BCUT2D eigenvalue weighted by molar-refractivity contribution is -0.140. The largest absolute Gasteiger partial charge is 0.328 e. The van der Waals surface area contributed by atoms with Gasteiger partial charge in [0.1, 0.15) is 0 Å². The molecule has 112 valence electrons. The number of β-lactam (4-membered cyclic amide) rings is 1. The first-order chi connectivity index (χ1) is 10.6. The summed E-state index contributed by atoms with van der Waals surface area (Å²) in [5.41, 5.74) is 2.96. The Morgan fingerprint density at radius 1 is 1.14 bits per heavy atom. The third kappa shape index (κ3) is 3.01. The highest BCUT2D eigenvalue weighted by molar-refractivity contribution is 6.05. The van der Waals surface area contributed by atoms with Crippen molar-refractivity contribution in [3.05, 3.63) is 65.7 Å². The second-order valence-corrected chi connectivity index (χ2v) is 5.61. The van der Waals surface area contributed by atoms with Gasteiger partial charge in [0.25, 0.3) is 0 Å². The van der Waals surface area contributed by atoms with Crippen molar-refractivity contribution >= 4 is 17.6 Å². The van der Waals surface area contributed by atoms with E-state index >= 15 is 0 Å². The molecule has 1 aliphatic heterocycles. The number of hydrogen-bond acceptors (Lipinski definition) is 2. The minimum absolute atomic E-state index is 0.0552. The third-order valence-electron chi connectivity index (χ3n) is 3.88. The van der Waals surface area contributed by atoms with Crippen LogP contribution in [0.4, 0.5) is 10.5 Å². The number of carbonyl (C=O) groups is 2. The molecule has 1 aliphatic rings. The molecule has 1 atom stereocenters. The summed E-state index contributed by atoms with van der Waals surface area (Å²) in [6.07, 6.45) is 1.13. The number of benzene rings is 2. The fourth-order valence-electron chi connectivity index (χ4n) is 2.63. The highest BCUT2D eigenvalue weighted by Crippen LogP contribution is 2.24. The molecule has 0 saturated carbocycles. The summed E-state index contributed by atoms with van der Waals surface area (Å²) in [6.45, 7) is 1.99. The second kappa shape index (κ2) is 6.02. The highest BCUT2D eigenvalue weighted by Gasteiger charge is 2.40. The van der Waals surface area contributed by atoms with E-state index in [2.05, 4.69) is 5.32 Å². The maximum absolute atomic E-state index is 12.3. The standard InChI is InChI=1S/C18H18N2O2/c1-13-7-9-15(10-8-13)19-18(22)20-16(12-17(20)21)11-14-5-3-2-4-6-14/h2-10,16H,11-12H2,1H3,(H,19,22)/t16-/m0/s1. The molecule has 0 aliphatic carbocycles. The molecule has 1 fully saturated rings. The molecule has 3 amide bonds. The van der Waals surface area contributed by atoms with Crippen molar-refractivity contribution in [1.82, 2.24) is 4.90 Å². The van der Waals surface area contributed by atoms with Crippen LogP contribution in [0.3, 0.4) is 0 Å². The number of aryl methyl sites for hydroxylation is 1. The predicted octanol–water partition coefficient (Wildman–Crippen LogP) is 3.37. The van der Waals surface area contributed by atoms with Crippen molar-refractivity contribution in [3.63, 3.8) is 0 Å². The van der Waals surface area contributed by atoms with Crippen LogP contribution in [0.25, 0.3) is 0 Å². The van der Waals surface area contributed by atoms with Gasteiger partial charge in [-0.25, -0.2) is 4.79 Å². The van der Waals surface area contributed by atoms with E-state index in [0.717, 1.165) is 11.1 Å². The molecule has 0 radical (unpaired) electrons. The number of urea groups is 1. The average Bonchev–Trinajstić information content (AvgIpc) is 2.50. The Bertz CT molecular complexity index is 680. The van der Waals surface area contributed by atoms with E-state index in [1.807, 2.05) is 61.5 Å². The Labute approximate surface area is 129 Å². The van der Waals surface area contributed by atoms with E-state index in [4.69, 9.17) is 0 Å². The molecule has 1 saturated heterocycles. The minimum atomic E-state index is -0.346. The Kier molecular flexibility index (Phi) is 3.92. The number of hydrogen-bond donors (Lipinski definition) is 1. The van der Waals surface area contributed by atoms with Gasteiger partial charge in [0.05, 0.1) is 6.04 Å². The molecule has 1 heterocycles. The molecule has 4 heteroatoms. The van der Waals surface area contributed by atoms with Crippen molar-refractivity contribution in [2.75, 3.05) is 5.32 Å². The molecule has 22 heavy (non-hydrogen) atoms. The summed E-state index contributed by atoms with van der Waals surface area (Å²) in [5.74, 6) is -0.120. The molecule has 0 bridgehead atoms. The van der Waals surface area contributed by atoms with Crippen LogP contribution >= 0.6 is 0 Å². The molecule has 0 aromatic heterocycles. The fraction of sp³-hybridized carbons (Fsp3) is 0.222. The maximum atomic E-state index is 12.3. The van der Waals surface area contributed by atoms with E-state index < -0.39 is 0 Å². The lowest BCUT2D eigenvalue weighted by atomic mass is 9.95. The van der Waals surface area contributed by atoms with Crippen molar-refractivity contribution in [2.45, 2.75) is 25.8 Å². The predicted molar refractivity (Wildman–Crippen MR) is 85.6 cm³/mol. The van der Waals surface area contributed by atoms with Crippen LogP contribution < -0.4 is 5.32 Å². The summed E-state index contributed by atoms with van der Waals surface area (Å²) in [7, 11) is 0. The summed E-state index contributed by atoms with van der Waals surface area (Å²) in [6, 6.07) is 17.0. The zero-order chi connectivity index (χ0) is 15.5. The molecular formula is C18H18N2O2. The van der Waals surface area contributed by atoms with Crippen LogP contribution in [-0.4, -0.2) is 22.9 Å². The number of likely N-dealkylation sites (tertiary alicyclic amines) is 1. The number of anilines is 1. The van der Waals surface area contributed by atoms with Gasteiger partial charge in [-0.1, -0.05) is 48.0 Å². The molecular weight excluding hydrogens is 276 g/mol. The van der Waals surface area contributed by atoms with Gasteiger partial charge in [0.15, 0.2) is 0 Å². The van der Waals surface area contributed by atoms with E-state index in [1.54, 1.807) is 0 Å². The Morgan fingerprint density at radius 2 is 1.82 bits per heavy atom. The SMILES string of the molecule is Cc1ccc(NC(=O)N2C(=O)C[C@@H]2Cc2ccccc2)cc1. The average molecular weight is 294 g/mol. The number of carbonyl (C=O) groups excluding carboxylic acids is 2. The van der Waals surface area contributed by atoms with Gasteiger partial charge in [-0.05, 0) is 31.0 Å². The van der Waals surface area contributed by atoms with E-state index in [-0.39, 0.29) is 18.0 Å². The molecule has 1 N–H and O–H groups in total. The molecule has 2 aromatic carbocycles. The first-order valence-electron chi connectivity index (χ1n) is 7.37. The van der Waals surface area contributed by atoms with Gasteiger partial charge < -0.3 is 5.32 Å². The van der Waals surface area contributed by atoms with Gasteiger partial charge >= 0.3 is 6.03 Å². The lowest BCUT2D eigenvalue weighted by Crippen LogP contribution is -2.57. The number of nitrogens with zero attached hydrogens (tertiary/aromatic N) is 1. The highest BCUT2D eigenvalue weighted by atomic mass is 16.2. The first kappa shape index (κ1) is 14.3. The van der Waals surface area contributed by atoms with E-state index in [1.165, 1.54) is 4.90 Å². The quantitative estimate of drug-likeness (QED) is 0.882. The maximum Gasteiger partial charge on any atom is 0.328 e. The summed E-state index contributed by atoms with van der Waals surface area (Å²) >= 11 is 0. The lowest BCUT2D eigenvalue weighted by Gasteiger charge is -2.38. The number of imide groups is 1. The topological polar surface area (TPSA) is 49.4 Å². The third-order valence-corrected chi connectivity index (χ3v) is 3.88. The fourth-order valence-corrected chi connectivity index (χ4v) is 2.63. The summed E-state index contributed by atoms with van der Waals surface area (Å²) in [5, 5.41) is 2.78. The molecule has 0 spiro atoms. The number of amides is 3. The van der Waals surface area contributed by atoms with Gasteiger partial charge in [-0.3, -0.25) is 9.69 Å². The van der Waals surface area contributed by atoms with E-state index in [0.29, 0.717) is 18.5 Å². The monoisotopic (exact) mass is 294 g/mol. The molecule has 3 rings (SSSR count). The normalized spacial score (nSPS) is 17.0. The van der Waals surface area contributed by atoms with Crippen LogP contribution in [0.5, 0.6) is 0 Å². The zero-order valence-electron chi connectivity index (χ0n) is 12.5. The molecule has 2 aromatic rings. The molecule has 4 nitrogen and oxygen atoms in total. The van der Waals surface area contributed by atoms with Gasteiger partial charge in [0.2, 0.25) is 5.91 Å². The van der Waals surface area contributed by atoms with Crippen LogP contribution in [-0.2, 0) is 11.2 Å². The van der Waals surface area contributed by atoms with Crippen molar-refractivity contribution in [2.24, 2.45) is 0 Å². The van der Waals surface area contributed by atoms with Gasteiger partial charge in [-0.15, -0.1) is 0 Å². The van der Waals surface area contributed by atoms with Crippen molar-refractivity contribution < 1.29 is 9.59 Å². The Balaban J connectivity index is 1.65. The Hall–Kier alpha value is -2.62. The van der Waals surface area contributed by atoms with Crippen LogP contribution in [0, 0.1) is 6.92 Å². The van der Waals surface area contributed by atoms with Crippen molar-refractivity contribution in [1.29, 1.82) is 0 Å². The smallest absolute Gasteiger partial charge is 0.307 e. The summed E-state index contributed by atoms with van der Waals surface area (Å²) < 4.78 is 0. The number of rotatable bonds is 3. The minimum Gasteiger partial charge on any atom is -0.307 e. The number of nitrogens with one attached hydrogen (secondary N) is 1. The van der Waals surface area contributed by atoms with Crippen LogP contribution in [0.1, 0.15) is 17.5 Å². The summed E-state index contributed by atoms with van der Waals surface area (Å²) in [4.78, 5) is 25.4. The van der Waals surface area contributed by atoms with Crippen LogP contribution in [0.2, 0.25) is 0 Å². The first-order valence-corrected chi connectivity index (χ1v) is 7.37. The molecule has 0 unspecified atom stereocenters. The van der Waals surface area contributed by atoms with E-state index in [9.17, 15) is 9.59 Å². The van der Waals surface area contributed by atoms with Gasteiger partial charge in [0, 0.05) is 12.1 Å². The zero-order valence-corrected chi connectivity index (χ0v) is 12.5.